The summed E-state index contributed by atoms with van der Waals surface area (Å²) in [6.07, 6.45) is 5.40. The largest absolute Gasteiger partial charge is 0.396 e. The van der Waals surface area contributed by atoms with E-state index in [1.807, 2.05) is 6.07 Å². The van der Waals surface area contributed by atoms with Crippen LogP contribution in [0.5, 0.6) is 0 Å². The van der Waals surface area contributed by atoms with Crippen molar-refractivity contribution in [3.05, 3.63) is 53.8 Å². The van der Waals surface area contributed by atoms with Crippen LogP contribution in [0.2, 0.25) is 0 Å². The lowest BCUT2D eigenvalue weighted by Crippen LogP contribution is -2.17. The second-order valence-corrected chi connectivity index (χ2v) is 7.17. The average Bonchev–Trinajstić information content (AvgIpc) is 2.57. The quantitative estimate of drug-likeness (QED) is 0.691. The molecule has 0 aromatic heterocycles. The Morgan fingerprint density at radius 3 is 2.17 bits per heavy atom. The molecule has 0 amide bonds. The van der Waals surface area contributed by atoms with Crippen molar-refractivity contribution in [3.63, 3.8) is 0 Å². The predicted molar refractivity (Wildman–Crippen MR) is 95.8 cm³/mol. The fourth-order valence-corrected chi connectivity index (χ4v) is 3.74. The minimum absolute atomic E-state index is 0.200. The lowest BCUT2D eigenvalue weighted by molar-refractivity contribution is 0.261. The topological polar surface area (TPSA) is 26.0 Å². The molecule has 122 valence electrons. The molecule has 1 aliphatic carbocycles. The van der Waals surface area contributed by atoms with Gasteiger partial charge >= 0.3 is 0 Å². The maximum absolute atomic E-state index is 13.6. The molecular weight excluding hydrogens is 285 g/mol. The lowest BCUT2D eigenvalue weighted by Gasteiger charge is -2.31. The molecule has 23 heavy (non-hydrogen) atoms. The van der Waals surface area contributed by atoms with Crippen LogP contribution in [0.1, 0.15) is 51.0 Å². The van der Waals surface area contributed by atoms with Crippen LogP contribution >= 0.6 is 0 Å². The van der Waals surface area contributed by atoms with Gasteiger partial charge < -0.3 is 5.73 Å². The third-order valence-electron chi connectivity index (χ3n) is 5.54. The van der Waals surface area contributed by atoms with E-state index in [2.05, 4.69) is 38.1 Å². The van der Waals surface area contributed by atoms with Crippen molar-refractivity contribution in [2.45, 2.75) is 45.4 Å². The molecule has 2 N–H and O–H groups in total. The van der Waals surface area contributed by atoms with Crippen LogP contribution in [0.3, 0.4) is 0 Å². The Hall–Kier alpha value is -1.83. The maximum Gasteiger partial charge on any atom is 0.146 e. The van der Waals surface area contributed by atoms with Crippen LogP contribution in [0.25, 0.3) is 11.1 Å². The Morgan fingerprint density at radius 2 is 1.57 bits per heavy atom. The molecule has 1 nitrogen and oxygen atoms in total. The molecule has 1 unspecified atom stereocenters. The van der Waals surface area contributed by atoms with Gasteiger partial charge in [-0.05, 0) is 59.4 Å². The van der Waals surface area contributed by atoms with Crippen LogP contribution in [0.4, 0.5) is 10.1 Å². The SMILES string of the molecule is CC1CCC(C(C)c2ccc(-c3ccc(N)c(F)c3)cc2)CC1. The second-order valence-electron chi connectivity index (χ2n) is 7.17. The van der Waals surface area contributed by atoms with Gasteiger partial charge in [0.05, 0.1) is 5.69 Å². The van der Waals surface area contributed by atoms with Gasteiger partial charge in [0.1, 0.15) is 5.82 Å². The summed E-state index contributed by atoms with van der Waals surface area (Å²) < 4.78 is 13.6. The highest BCUT2D eigenvalue weighted by molar-refractivity contribution is 5.66. The van der Waals surface area contributed by atoms with E-state index in [4.69, 9.17) is 5.73 Å². The molecule has 2 aromatic carbocycles. The van der Waals surface area contributed by atoms with Crippen molar-refractivity contribution >= 4 is 5.69 Å². The van der Waals surface area contributed by atoms with Crippen LogP contribution in [-0.4, -0.2) is 0 Å². The summed E-state index contributed by atoms with van der Waals surface area (Å²) in [5.74, 6) is 1.93. The Balaban J connectivity index is 1.75. The van der Waals surface area contributed by atoms with Crippen molar-refractivity contribution in [1.82, 2.24) is 0 Å². The summed E-state index contributed by atoms with van der Waals surface area (Å²) in [6, 6.07) is 13.6. The third-order valence-corrected chi connectivity index (χ3v) is 5.54. The fraction of sp³-hybridized carbons (Fsp3) is 0.429. The zero-order chi connectivity index (χ0) is 16.4. The highest BCUT2D eigenvalue weighted by Gasteiger charge is 2.24. The van der Waals surface area contributed by atoms with Gasteiger partial charge in [0.25, 0.3) is 0 Å². The number of anilines is 1. The molecule has 1 fully saturated rings. The van der Waals surface area contributed by atoms with Crippen molar-refractivity contribution in [2.75, 3.05) is 5.73 Å². The van der Waals surface area contributed by atoms with Crippen LogP contribution < -0.4 is 5.73 Å². The van der Waals surface area contributed by atoms with Crippen molar-refractivity contribution in [2.24, 2.45) is 11.8 Å². The fourth-order valence-electron chi connectivity index (χ4n) is 3.74. The van der Waals surface area contributed by atoms with Gasteiger partial charge in [-0.3, -0.25) is 0 Å². The zero-order valence-corrected chi connectivity index (χ0v) is 14.1. The molecule has 0 radical (unpaired) electrons. The van der Waals surface area contributed by atoms with E-state index in [1.165, 1.54) is 37.3 Å². The molecular formula is C21H26FN. The van der Waals surface area contributed by atoms with Crippen molar-refractivity contribution in [1.29, 1.82) is 0 Å². The molecule has 0 heterocycles. The highest BCUT2D eigenvalue weighted by Crippen LogP contribution is 2.38. The summed E-state index contributed by atoms with van der Waals surface area (Å²) in [4.78, 5) is 0. The van der Waals surface area contributed by atoms with Crippen LogP contribution in [0.15, 0.2) is 42.5 Å². The molecule has 0 bridgehead atoms. The first-order valence-electron chi connectivity index (χ1n) is 8.70. The summed E-state index contributed by atoms with van der Waals surface area (Å²) >= 11 is 0. The highest BCUT2D eigenvalue weighted by atomic mass is 19.1. The van der Waals surface area contributed by atoms with E-state index in [9.17, 15) is 4.39 Å². The van der Waals surface area contributed by atoms with Crippen molar-refractivity contribution in [3.8, 4) is 11.1 Å². The van der Waals surface area contributed by atoms with Gasteiger partial charge in [0.2, 0.25) is 0 Å². The minimum Gasteiger partial charge on any atom is -0.396 e. The monoisotopic (exact) mass is 311 g/mol. The Morgan fingerprint density at radius 1 is 0.957 bits per heavy atom. The number of hydrogen-bond acceptors (Lipinski definition) is 1. The number of benzene rings is 2. The van der Waals surface area contributed by atoms with E-state index in [0.717, 1.165) is 23.0 Å². The summed E-state index contributed by atoms with van der Waals surface area (Å²) in [5, 5.41) is 0. The first-order chi connectivity index (χ1) is 11.0. The molecule has 0 aliphatic heterocycles. The zero-order valence-electron chi connectivity index (χ0n) is 14.1. The summed E-state index contributed by atoms with van der Waals surface area (Å²) in [7, 11) is 0. The number of hydrogen-bond donors (Lipinski definition) is 1. The van der Waals surface area contributed by atoms with E-state index < -0.39 is 0 Å². The van der Waals surface area contributed by atoms with E-state index in [1.54, 1.807) is 6.07 Å². The molecule has 1 aliphatic rings. The average molecular weight is 311 g/mol. The second kappa shape index (κ2) is 6.74. The lowest BCUT2D eigenvalue weighted by atomic mass is 9.74. The Kier molecular flexibility index (Phi) is 4.70. The van der Waals surface area contributed by atoms with Crippen LogP contribution in [-0.2, 0) is 0 Å². The maximum atomic E-state index is 13.6. The molecule has 3 rings (SSSR count). The Bertz CT molecular complexity index is 654. The van der Waals surface area contributed by atoms with Gasteiger partial charge in [0.15, 0.2) is 0 Å². The van der Waals surface area contributed by atoms with E-state index >= 15 is 0 Å². The number of nitrogen functional groups attached to an aromatic ring is 1. The van der Waals surface area contributed by atoms with Gasteiger partial charge in [-0.15, -0.1) is 0 Å². The molecule has 1 saturated carbocycles. The Labute approximate surface area is 138 Å². The van der Waals surface area contributed by atoms with E-state index in [0.29, 0.717) is 5.92 Å². The van der Waals surface area contributed by atoms with Crippen LogP contribution in [0, 0.1) is 17.7 Å². The first-order valence-corrected chi connectivity index (χ1v) is 8.70. The van der Waals surface area contributed by atoms with Gasteiger partial charge in [-0.1, -0.05) is 57.0 Å². The number of nitrogens with two attached hydrogens (primary N) is 1. The smallest absolute Gasteiger partial charge is 0.146 e. The van der Waals surface area contributed by atoms with Crippen molar-refractivity contribution < 1.29 is 4.39 Å². The third kappa shape index (κ3) is 3.57. The molecule has 0 saturated heterocycles. The predicted octanol–water partition coefficient (Wildman–Crippen LogP) is 6.00. The summed E-state index contributed by atoms with van der Waals surface area (Å²) in [5.41, 5.74) is 9.06. The number of halogens is 1. The van der Waals surface area contributed by atoms with E-state index in [-0.39, 0.29) is 11.5 Å². The molecule has 2 heteroatoms. The molecule has 1 atom stereocenters. The molecule has 0 spiro atoms. The minimum atomic E-state index is -0.351. The molecule has 2 aromatic rings. The van der Waals surface area contributed by atoms with Gasteiger partial charge in [-0.25, -0.2) is 4.39 Å². The first kappa shape index (κ1) is 16.0. The summed E-state index contributed by atoms with van der Waals surface area (Å²) in [6.45, 7) is 4.71. The normalized spacial score (nSPS) is 22.7. The van der Waals surface area contributed by atoms with Gasteiger partial charge in [0, 0.05) is 0 Å². The van der Waals surface area contributed by atoms with Gasteiger partial charge in [-0.2, -0.15) is 0 Å². The standard InChI is InChI=1S/C21H26FN/c1-14-3-5-16(6-4-14)15(2)17-7-9-18(10-8-17)19-11-12-21(23)20(22)13-19/h7-16H,3-6,23H2,1-2H3. The number of rotatable bonds is 3.